The Balaban J connectivity index is 3.17. The second-order valence-corrected chi connectivity index (χ2v) is 6.26. The topological polar surface area (TPSA) is 72.6 Å². The van der Waals surface area contributed by atoms with E-state index >= 15 is 0 Å². The predicted molar refractivity (Wildman–Crippen MR) is 71.9 cm³/mol. The first kappa shape index (κ1) is 14.9. The van der Waals surface area contributed by atoms with Gasteiger partial charge < -0.3 is 10.5 Å². The molecule has 0 fully saturated rings. The van der Waals surface area contributed by atoms with Crippen molar-refractivity contribution in [2.45, 2.75) is 24.8 Å². The Bertz CT molecular complexity index is 514. The lowest BCUT2D eigenvalue weighted by Gasteiger charge is -2.24. The lowest BCUT2D eigenvalue weighted by molar-refractivity contribution is 0.149. The van der Waals surface area contributed by atoms with E-state index in [0.29, 0.717) is 17.9 Å². The minimum atomic E-state index is -3.54. The van der Waals surface area contributed by atoms with E-state index in [4.69, 9.17) is 10.5 Å². The van der Waals surface area contributed by atoms with Crippen LogP contribution in [0.25, 0.3) is 0 Å². The third kappa shape index (κ3) is 2.82. The van der Waals surface area contributed by atoms with Gasteiger partial charge in [0.2, 0.25) is 10.0 Å². The molecule has 0 bridgehead atoms. The van der Waals surface area contributed by atoms with Crippen LogP contribution < -0.4 is 5.73 Å². The molecule has 0 heterocycles. The molecule has 1 atom stereocenters. The van der Waals surface area contributed by atoms with E-state index < -0.39 is 10.0 Å². The SMILES string of the molecule is COCC(C)N(C)S(=O)(=O)c1cccc(N)c1C. The largest absolute Gasteiger partial charge is 0.398 e. The number of sulfonamides is 1. The molecule has 0 spiro atoms. The standard InChI is InChI=1S/C12H20N2O3S/c1-9(8-17-4)14(3)18(15,16)12-7-5-6-11(13)10(12)2/h5-7,9H,8,13H2,1-4H3. The van der Waals surface area contributed by atoms with Gasteiger partial charge in [-0.3, -0.25) is 0 Å². The third-order valence-electron chi connectivity index (χ3n) is 3.01. The van der Waals surface area contributed by atoms with Gasteiger partial charge >= 0.3 is 0 Å². The van der Waals surface area contributed by atoms with Gasteiger partial charge in [0.15, 0.2) is 0 Å². The Labute approximate surface area is 109 Å². The first-order valence-corrected chi connectivity index (χ1v) is 7.08. The molecule has 0 saturated carbocycles. The van der Waals surface area contributed by atoms with Crippen molar-refractivity contribution in [2.75, 3.05) is 26.5 Å². The van der Waals surface area contributed by atoms with Crippen LogP contribution in [0, 0.1) is 6.92 Å². The number of nitrogens with zero attached hydrogens (tertiary/aromatic N) is 1. The lowest BCUT2D eigenvalue weighted by atomic mass is 10.2. The molecular formula is C12H20N2O3S. The summed E-state index contributed by atoms with van der Waals surface area (Å²) in [6, 6.07) is 4.66. The van der Waals surface area contributed by atoms with E-state index in [2.05, 4.69) is 0 Å². The van der Waals surface area contributed by atoms with Crippen molar-refractivity contribution in [1.29, 1.82) is 0 Å². The van der Waals surface area contributed by atoms with E-state index in [9.17, 15) is 8.42 Å². The number of ether oxygens (including phenoxy) is 1. The van der Waals surface area contributed by atoms with Crippen LogP contribution in [0.5, 0.6) is 0 Å². The van der Waals surface area contributed by atoms with Gasteiger partial charge in [0.1, 0.15) is 0 Å². The molecule has 0 aliphatic rings. The summed E-state index contributed by atoms with van der Waals surface area (Å²) in [5.41, 5.74) is 6.80. The van der Waals surface area contributed by atoms with Crippen molar-refractivity contribution in [2.24, 2.45) is 0 Å². The normalized spacial score (nSPS) is 13.8. The van der Waals surface area contributed by atoms with E-state index in [-0.39, 0.29) is 10.9 Å². The monoisotopic (exact) mass is 272 g/mol. The quantitative estimate of drug-likeness (QED) is 0.818. The maximum Gasteiger partial charge on any atom is 0.243 e. The third-order valence-corrected chi connectivity index (χ3v) is 5.13. The van der Waals surface area contributed by atoms with Crippen LogP contribution in [-0.4, -0.2) is 39.5 Å². The number of benzene rings is 1. The molecule has 0 saturated heterocycles. The van der Waals surface area contributed by atoms with Gasteiger partial charge in [-0.15, -0.1) is 0 Å². The zero-order valence-electron chi connectivity index (χ0n) is 11.2. The minimum absolute atomic E-state index is 0.235. The van der Waals surface area contributed by atoms with Crippen LogP contribution in [0.1, 0.15) is 12.5 Å². The summed E-state index contributed by atoms with van der Waals surface area (Å²) in [5.74, 6) is 0. The van der Waals surface area contributed by atoms with Crippen molar-refractivity contribution in [1.82, 2.24) is 4.31 Å². The van der Waals surface area contributed by atoms with E-state index in [1.54, 1.807) is 46.2 Å². The molecule has 0 radical (unpaired) electrons. The molecule has 6 heteroatoms. The Morgan fingerprint density at radius 2 is 2.06 bits per heavy atom. The highest BCUT2D eigenvalue weighted by atomic mass is 32.2. The lowest BCUT2D eigenvalue weighted by Crippen LogP contribution is -2.38. The Kier molecular flexibility index (Phi) is 4.72. The average Bonchev–Trinajstić information content (AvgIpc) is 2.31. The molecule has 1 aromatic rings. The highest BCUT2D eigenvalue weighted by Gasteiger charge is 2.27. The summed E-state index contributed by atoms with van der Waals surface area (Å²) in [7, 11) is -0.453. The molecule has 2 N–H and O–H groups in total. The van der Waals surface area contributed by atoms with E-state index in [1.165, 1.54) is 4.31 Å². The number of anilines is 1. The van der Waals surface area contributed by atoms with Crippen molar-refractivity contribution >= 4 is 15.7 Å². The van der Waals surface area contributed by atoms with Crippen molar-refractivity contribution in [3.63, 3.8) is 0 Å². The molecule has 0 aromatic heterocycles. The maximum atomic E-state index is 12.4. The average molecular weight is 272 g/mol. The Morgan fingerprint density at radius 1 is 1.44 bits per heavy atom. The van der Waals surface area contributed by atoms with E-state index in [1.807, 2.05) is 0 Å². The van der Waals surface area contributed by atoms with Crippen molar-refractivity contribution in [3.05, 3.63) is 23.8 Å². The maximum absolute atomic E-state index is 12.4. The van der Waals surface area contributed by atoms with Crippen LogP contribution in [0.3, 0.4) is 0 Å². The number of rotatable bonds is 5. The highest BCUT2D eigenvalue weighted by Crippen LogP contribution is 2.24. The Morgan fingerprint density at radius 3 is 2.61 bits per heavy atom. The minimum Gasteiger partial charge on any atom is -0.398 e. The summed E-state index contributed by atoms with van der Waals surface area (Å²) < 4.78 is 31.2. The van der Waals surface area contributed by atoms with Crippen molar-refractivity contribution < 1.29 is 13.2 Å². The number of hydrogen-bond acceptors (Lipinski definition) is 4. The second-order valence-electron chi connectivity index (χ2n) is 4.30. The van der Waals surface area contributed by atoms with Crippen LogP contribution in [0.15, 0.2) is 23.1 Å². The van der Waals surface area contributed by atoms with Crippen LogP contribution in [-0.2, 0) is 14.8 Å². The summed E-state index contributed by atoms with van der Waals surface area (Å²) in [5, 5.41) is 0. The van der Waals surface area contributed by atoms with Gasteiger partial charge in [0, 0.05) is 25.9 Å². The molecular weight excluding hydrogens is 252 g/mol. The molecule has 1 aromatic carbocycles. The Hall–Kier alpha value is -1.11. The predicted octanol–water partition coefficient (Wildman–Crippen LogP) is 1.23. The number of nitrogens with two attached hydrogens (primary N) is 1. The fourth-order valence-electron chi connectivity index (χ4n) is 1.65. The first-order chi connectivity index (χ1) is 8.32. The van der Waals surface area contributed by atoms with E-state index in [0.717, 1.165) is 0 Å². The van der Waals surface area contributed by atoms with Gasteiger partial charge in [0.05, 0.1) is 11.5 Å². The summed E-state index contributed by atoms with van der Waals surface area (Å²) in [4.78, 5) is 0.243. The first-order valence-electron chi connectivity index (χ1n) is 5.64. The summed E-state index contributed by atoms with van der Waals surface area (Å²) in [6.07, 6.45) is 0. The van der Waals surface area contributed by atoms with Crippen LogP contribution in [0.2, 0.25) is 0 Å². The van der Waals surface area contributed by atoms with Crippen LogP contribution in [0.4, 0.5) is 5.69 Å². The highest BCUT2D eigenvalue weighted by molar-refractivity contribution is 7.89. The number of hydrogen-bond donors (Lipinski definition) is 1. The molecule has 1 unspecified atom stereocenters. The van der Waals surface area contributed by atoms with Gasteiger partial charge in [-0.2, -0.15) is 4.31 Å². The molecule has 0 aliphatic carbocycles. The van der Waals surface area contributed by atoms with Crippen LogP contribution >= 0.6 is 0 Å². The smallest absolute Gasteiger partial charge is 0.243 e. The molecule has 1 rings (SSSR count). The molecule has 5 nitrogen and oxygen atoms in total. The zero-order valence-corrected chi connectivity index (χ0v) is 12.0. The summed E-state index contributed by atoms with van der Waals surface area (Å²) in [6.45, 7) is 3.84. The van der Waals surface area contributed by atoms with Gasteiger partial charge in [-0.1, -0.05) is 6.07 Å². The zero-order chi connectivity index (χ0) is 13.9. The van der Waals surface area contributed by atoms with Gasteiger partial charge in [0.25, 0.3) is 0 Å². The second kappa shape index (κ2) is 5.69. The molecule has 0 amide bonds. The molecule has 18 heavy (non-hydrogen) atoms. The molecule has 102 valence electrons. The van der Waals surface area contributed by atoms with Gasteiger partial charge in [-0.25, -0.2) is 8.42 Å². The fourth-order valence-corrected chi connectivity index (χ4v) is 3.25. The number of likely N-dealkylation sites (N-methyl/N-ethyl adjacent to an activating group) is 1. The van der Waals surface area contributed by atoms with Gasteiger partial charge in [-0.05, 0) is 31.5 Å². The number of nitrogen functional groups attached to an aromatic ring is 1. The molecule has 0 aliphatic heterocycles. The summed E-state index contributed by atoms with van der Waals surface area (Å²) >= 11 is 0. The van der Waals surface area contributed by atoms with Crippen molar-refractivity contribution in [3.8, 4) is 0 Å². The number of methoxy groups -OCH3 is 1. The fraction of sp³-hybridized carbons (Fsp3) is 0.500.